The number of aromatic nitrogens is 2. The molecule has 0 aromatic carbocycles. The molecule has 0 saturated carbocycles. The first-order valence-electron chi connectivity index (χ1n) is 8.47. The quantitative estimate of drug-likeness (QED) is 0.332. The molecule has 11 heteroatoms. The summed E-state index contributed by atoms with van der Waals surface area (Å²) in [6.07, 6.45) is -3.81. The molecule has 0 bridgehead atoms. The van der Waals surface area contributed by atoms with Crippen LogP contribution in [0.15, 0.2) is 17.1 Å². The highest BCUT2D eigenvalue weighted by Crippen LogP contribution is 2.29. The molecule has 27 heavy (non-hydrogen) atoms. The van der Waals surface area contributed by atoms with Crippen LogP contribution in [-0.4, -0.2) is 69.1 Å². The molecular weight excluding hydrogens is 362 g/mol. The van der Waals surface area contributed by atoms with E-state index in [9.17, 15) is 19.8 Å². The summed E-state index contributed by atoms with van der Waals surface area (Å²) in [5, 5.41) is 29.1. The lowest BCUT2D eigenvalue weighted by Crippen LogP contribution is -2.38. The van der Waals surface area contributed by atoms with Crippen LogP contribution in [0.25, 0.3) is 0 Å². The number of hydrogen-bond acceptors (Lipinski definition) is 10. The molecule has 2 heterocycles. The fourth-order valence-electron chi connectivity index (χ4n) is 2.53. The molecule has 11 nitrogen and oxygen atoms in total. The Kier molecular flexibility index (Phi) is 6.89. The molecule has 1 aliphatic rings. The summed E-state index contributed by atoms with van der Waals surface area (Å²) < 4.78 is 16.9. The van der Waals surface area contributed by atoms with Gasteiger partial charge in [-0.05, 0) is 26.8 Å². The van der Waals surface area contributed by atoms with Crippen LogP contribution >= 0.6 is 0 Å². The number of hydrogen-bond donors (Lipinski definition) is 4. The first-order chi connectivity index (χ1) is 12.7. The predicted octanol–water partition coefficient (Wildman–Crippen LogP) is -0.730. The summed E-state index contributed by atoms with van der Waals surface area (Å²) in [6.45, 7) is 5.47. The summed E-state index contributed by atoms with van der Waals surface area (Å²) in [4.78, 5) is 27.7. The van der Waals surface area contributed by atoms with E-state index >= 15 is 0 Å². The standard InChI is InChI=1S/C16H25N3O8/c1-4-25-8-16(2,3)14(22)26-7-9-11(20)12(21)13(27-9)19-6-5-10(18-24)17-15(19)23/h5-6,9,11-13,20-21,24H,4,7-8H2,1-3H3,(H,17,18,23)/t9-,11-,12-,13-/m1/s1. The number of nitrogens with zero attached hydrogens (tertiary/aromatic N) is 2. The van der Waals surface area contributed by atoms with E-state index in [1.807, 2.05) is 6.92 Å². The molecule has 2 rings (SSSR count). The van der Waals surface area contributed by atoms with Crippen molar-refractivity contribution in [2.75, 3.05) is 25.3 Å². The van der Waals surface area contributed by atoms with E-state index in [1.54, 1.807) is 19.3 Å². The van der Waals surface area contributed by atoms with E-state index in [2.05, 4.69) is 4.98 Å². The van der Waals surface area contributed by atoms with E-state index in [0.717, 1.165) is 4.57 Å². The molecule has 0 aliphatic carbocycles. The topological polar surface area (TPSA) is 152 Å². The Labute approximate surface area is 155 Å². The number of esters is 1. The van der Waals surface area contributed by atoms with Gasteiger partial charge in [-0.3, -0.25) is 20.0 Å². The zero-order chi connectivity index (χ0) is 20.2. The molecule has 0 amide bonds. The van der Waals surface area contributed by atoms with Crippen molar-refractivity contribution in [1.29, 1.82) is 0 Å². The summed E-state index contributed by atoms with van der Waals surface area (Å²) in [5.41, 5.74) is 0.0426. The van der Waals surface area contributed by atoms with Gasteiger partial charge in [-0.1, -0.05) is 0 Å². The van der Waals surface area contributed by atoms with Gasteiger partial charge in [0.2, 0.25) is 0 Å². The lowest BCUT2D eigenvalue weighted by Gasteiger charge is -2.23. The minimum Gasteiger partial charge on any atom is -0.462 e. The number of carbonyl (C=O) groups excluding carboxylic acids is 1. The third-order valence-electron chi connectivity index (χ3n) is 4.15. The second kappa shape index (κ2) is 8.76. The van der Waals surface area contributed by atoms with Crippen LogP contribution in [0.2, 0.25) is 0 Å². The summed E-state index contributed by atoms with van der Waals surface area (Å²) in [7, 11) is 0. The molecule has 4 atom stereocenters. The fraction of sp³-hybridized carbons (Fsp3) is 0.688. The minimum absolute atomic E-state index is 0.0775. The van der Waals surface area contributed by atoms with E-state index < -0.39 is 41.6 Å². The maximum absolute atomic E-state index is 12.2. The maximum Gasteiger partial charge on any atom is 0.351 e. The maximum atomic E-state index is 12.2. The number of aliphatic hydroxyl groups is 2. The molecule has 1 fully saturated rings. The number of anilines is 1. The largest absolute Gasteiger partial charge is 0.462 e. The van der Waals surface area contributed by atoms with Crippen molar-refractivity contribution in [3.05, 3.63) is 22.7 Å². The van der Waals surface area contributed by atoms with Crippen LogP contribution in [0.3, 0.4) is 0 Å². The Morgan fingerprint density at radius 2 is 2.11 bits per heavy atom. The molecule has 1 aliphatic heterocycles. The van der Waals surface area contributed by atoms with Crippen LogP contribution in [0.5, 0.6) is 0 Å². The van der Waals surface area contributed by atoms with E-state index in [0.29, 0.717) is 6.61 Å². The molecule has 1 aromatic rings. The average molecular weight is 387 g/mol. The Balaban J connectivity index is 2.02. The van der Waals surface area contributed by atoms with Gasteiger partial charge in [-0.15, -0.1) is 0 Å². The van der Waals surface area contributed by atoms with E-state index in [1.165, 1.54) is 12.3 Å². The Bertz CT molecular complexity index is 707. The molecule has 1 saturated heterocycles. The Morgan fingerprint density at radius 1 is 1.41 bits per heavy atom. The van der Waals surface area contributed by atoms with Crippen molar-refractivity contribution >= 4 is 11.8 Å². The summed E-state index contributed by atoms with van der Waals surface area (Å²) in [6, 6.07) is 1.29. The minimum atomic E-state index is -1.43. The smallest absolute Gasteiger partial charge is 0.351 e. The number of rotatable bonds is 8. The zero-order valence-electron chi connectivity index (χ0n) is 15.4. The lowest BCUT2D eigenvalue weighted by atomic mass is 9.95. The highest BCUT2D eigenvalue weighted by molar-refractivity contribution is 5.76. The van der Waals surface area contributed by atoms with Crippen molar-refractivity contribution in [1.82, 2.24) is 9.55 Å². The van der Waals surface area contributed by atoms with Gasteiger partial charge in [0.25, 0.3) is 0 Å². The van der Waals surface area contributed by atoms with Crippen molar-refractivity contribution < 1.29 is 34.4 Å². The zero-order valence-corrected chi connectivity index (χ0v) is 15.4. The van der Waals surface area contributed by atoms with Gasteiger partial charge in [-0.2, -0.15) is 4.98 Å². The van der Waals surface area contributed by atoms with Gasteiger partial charge in [0.15, 0.2) is 12.0 Å². The fourth-order valence-corrected chi connectivity index (χ4v) is 2.53. The number of ether oxygens (including phenoxy) is 3. The van der Waals surface area contributed by atoms with Gasteiger partial charge < -0.3 is 24.4 Å². The number of nitrogens with one attached hydrogen (secondary N) is 1. The lowest BCUT2D eigenvalue weighted by molar-refractivity contribution is -0.163. The van der Waals surface area contributed by atoms with Crippen LogP contribution in [0.1, 0.15) is 27.0 Å². The molecule has 0 spiro atoms. The van der Waals surface area contributed by atoms with E-state index in [4.69, 9.17) is 19.4 Å². The number of aliphatic hydroxyl groups excluding tert-OH is 2. The normalized spacial score (nSPS) is 25.4. The summed E-state index contributed by atoms with van der Waals surface area (Å²) >= 11 is 0. The highest BCUT2D eigenvalue weighted by Gasteiger charge is 2.45. The molecule has 0 radical (unpaired) electrons. The molecule has 4 N–H and O–H groups in total. The highest BCUT2D eigenvalue weighted by atomic mass is 16.6. The van der Waals surface area contributed by atoms with Crippen molar-refractivity contribution in [3.8, 4) is 0 Å². The van der Waals surface area contributed by atoms with Crippen molar-refractivity contribution in [3.63, 3.8) is 0 Å². The van der Waals surface area contributed by atoms with Crippen LogP contribution in [-0.2, 0) is 19.0 Å². The van der Waals surface area contributed by atoms with E-state index in [-0.39, 0.29) is 19.0 Å². The Hall–Kier alpha value is -2.05. The molecule has 0 unspecified atom stereocenters. The first-order valence-corrected chi connectivity index (χ1v) is 8.47. The third-order valence-corrected chi connectivity index (χ3v) is 4.15. The second-order valence-electron chi connectivity index (χ2n) is 6.78. The Morgan fingerprint density at radius 3 is 2.70 bits per heavy atom. The SMILES string of the molecule is CCOCC(C)(C)C(=O)OC[C@H]1O[C@@H](n2ccc(NO)nc2=O)[C@H](O)[C@@H]1O. The predicted molar refractivity (Wildman–Crippen MR) is 91.1 cm³/mol. The van der Waals surface area contributed by atoms with Gasteiger partial charge in [-0.25, -0.2) is 4.79 Å². The van der Waals surface area contributed by atoms with Gasteiger partial charge in [0.05, 0.1) is 12.0 Å². The van der Waals surface area contributed by atoms with Gasteiger partial charge >= 0.3 is 11.7 Å². The van der Waals surface area contributed by atoms with Crippen molar-refractivity contribution in [2.24, 2.45) is 5.41 Å². The van der Waals surface area contributed by atoms with Gasteiger partial charge in [0.1, 0.15) is 24.9 Å². The second-order valence-corrected chi connectivity index (χ2v) is 6.78. The first kappa shape index (κ1) is 21.3. The number of carbonyl (C=O) groups is 1. The van der Waals surface area contributed by atoms with Crippen LogP contribution in [0.4, 0.5) is 5.82 Å². The molecular formula is C16H25N3O8. The molecule has 1 aromatic heterocycles. The van der Waals surface area contributed by atoms with Crippen LogP contribution in [0, 0.1) is 5.41 Å². The monoisotopic (exact) mass is 387 g/mol. The van der Waals surface area contributed by atoms with Gasteiger partial charge in [0, 0.05) is 12.8 Å². The molecule has 152 valence electrons. The van der Waals surface area contributed by atoms with Crippen molar-refractivity contribution in [2.45, 2.75) is 45.3 Å². The summed E-state index contributed by atoms with van der Waals surface area (Å²) in [5.74, 6) is -0.617. The van der Waals surface area contributed by atoms with Crippen LogP contribution < -0.4 is 11.2 Å². The average Bonchev–Trinajstić information content (AvgIpc) is 2.92. The third kappa shape index (κ3) is 4.82.